The Bertz CT molecular complexity index is 756. The van der Waals surface area contributed by atoms with Crippen molar-refractivity contribution >= 4 is 16.8 Å². The monoisotopic (exact) mass is 230 g/mol. The van der Waals surface area contributed by atoms with Gasteiger partial charge in [0.2, 0.25) is 0 Å². The van der Waals surface area contributed by atoms with Crippen molar-refractivity contribution in [3.63, 3.8) is 0 Å². The van der Waals surface area contributed by atoms with Crippen LogP contribution >= 0.6 is 0 Å². The van der Waals surface area contributed by atoms with Gasteiger partial charge in [-0.05, 0) is 13.8 Å². The Morgan fingerprint density at radius 3 is 2.88 bits per heavy atom. The van der Waals surface area contributed by atoms with Crippen LogP contribution in [0.2, 0.25) is 0 Å². The molecule has 0 radical (unpaired) electrons. The second-order valence-electron chi connectivity index (χ2n) is 4.02. The van der Waals surface area contributed by atoms with Crippen LogP contribution in [0.5, 0.6) is 0 Å². The molecule has 17 heavy (non-hydrogen) atoms. The first-order chi connectivity index (χ1) is 8.18. The lowest BCUT2D eigenvalue weighted by atomic mass is 10.4. The topological polar surface area (TPSA) is 78.0 Å². The summed E-state index contributed by atoms with van der Waals surface area (Å²) in [7, 11) is 0. The fraction of sp³-hybridized carbons (Fsp3) is 0.300. The van der Waals surface area contributed by atoms with Gasteiger partial charge >= 0.3 is 0 Å². The van der Waals surface area contributed by atoms with Gasteiger partial charge in [-0.25, -0.2) is 4.98 Å². The fourth-order valence-corrected chi connectivity index (χ4v) is 1.70. The first-order valence-electron chi connectivity index (χ1n) is 5.26. The summed E-state index contributed by atoms with van der Waals surface area (Å²) in [5, 5.41) is 11.9. The van der Waals surface area contributed by atoms with Crippen molar-refractivity contribution < 1.29 is 0 Å². The van der Waals surface area contributed by atoms with Crippen molar-refractivity contribution in [2.75, 3.05) is 0 Å². The zero-order valence-electron chi connectivity index (χ0n) is 9.40. The zero-order chi connectivity index (χ0) is 12.0. The average molecular weight is 230 g/mol. The molecule has 0 fully saturated rings. The molecule has 0 aliphatic rings. The van der Waals surface area contributed by atoms with Crippen LogP contribution in [0.1, 0.15) is 19.9 Å². The minimum Gasteiger partial charge on any atom is -0.295 e. The van der Waals surface area contributed by atoms with Crippen LogP contribution in [0.3, 0.4) is 0 Å². The van der Waals surface area contributed by atoms with E-state index in [1.807, 2.05) is 13.8 Å². The summed E-state index contributed by atoms with van der Waals surface area (Å²) >= 11 is 0. The van der Waals surface area contributed by atoms with Gasteiger partial charge in [-0.3, -0.25) is 9.36 Å². The quantitative estimate of drug-likeness (QED) is 0.605. The number of nitrogens with zero attached hydrogens (tertiary/aromatic N) is 6. The molecule has 0 spiro atoms. The van der Waals surface area contributed by atoms with Gasteiger partial charge in [-0.1, -0.05) is 0 Å². The Morgan fingerprint density at radius 2 is 2.12 bits per heavy atom. The number of fused-ring (bicyclic) bond motifs is 3. The molecule has 0 N–H and O–H groups in total. The van der Waals surface area contributed by atoms with Crippen molar-refractivity contribution in [3.8, 4) is 0 Å². The summed E-state index contributed by atoms with van der Waals surface area (Å²) in [6, 6.07) is 1.75. The largest absolute Gasteiger partial charge is 0.295 e. The van der Waals surface area contributed by atoms with Crippen LogP contribution < -0.4 is 5.56 Å². The third-order valence-corrected chi connectivity index (χ3v) is 2.59. The number of rotatable bonds is 1. The van der Waals surface area contributed by atoms with Gasteiger partial charge in [0, 0.05) is 12.1 Å². The van der Waals surface area contributed by atoms with E-state index < -0.39 is 0 Å². The minimum atomic E-state index is -0.199. The predicted molar refractivity (Wildman–Crippen MR) is 60.7 cm³/mol. The molecule has 3 heterocycles. The maximum atomic E-state index is 12.1. The highest BCUT2D eigenvalue weighted by Gasteiger charge is 2.11. The van der Waals surface area contributed by atoms with Gasteiger partial charge in [-0.2, -0.15) is 9.61 Å². The van der Waals surface area contributed by atoms with Crippen molar-refractivity contribution in [1.82, 2.24) is 29.4 Å². The Hall–Kier alpha value is -2.31. The highest BCUT2D eigenvalue weighted by Crippen LogP contribution is 2.06. The third-order valence-electron chi connectivity index (χ3n) is 2.59. The van der Waals surface area contributed by atoms with Gasteiger partial charge in [0.25, 0.3) is 5.56 Å². The molecule has 0 aromatic carbocycles. The summed E-state index contributed by atoms with van der Waals surface area (Å²) in [5.74, 6) is 0. The Labute approximate surface area is 95.7 Å². The summed E-state index contributed by atoms with van der Waals surface area (Å²) in [4.78, 5) is 16.3. The minimum absolute atomic E-state index is 0.0366. The first kappa shape index (κ1) is 9.88. The lowest BCUT2D eigenvalue weighted by molar-refractivity contribution is 0.570. The lowest BCUT2D eigenvalue weighted by Gasteiger charge is -2.08. The molecule has 0 saturated carbocycles. The Balaban J connectivity index is 2.49. The molecule has 0 bridgehead atoms. The first-order valence-corrected chi connectivity index (χ1v) is 5.26. The molecule has 0 aliphatic heterocycles. The standard InChI is InChI=1S/C10H10N6O/c1-6(2)15-5-11-9-8(10(15)17)14-13-7-3-4-12-16(7)9/h3-6H,1-2H3. The number of hydrogen-bond acceptors (Lipinski definition) is 5. The van der Waals surface area contributed by atoms with Gasteiger partial charge in [-0.15, -0.1) is 10.2 Å². The second-order valence-corrected chi connectivity index (χ2v) is 4.02. The molecule has 3 aromatic rings. The molecule has 0 saturated heterocycles. The van der Waals surface area contributed by atoms with E-state index in [0.29, 0.717) is 11.3 Å². The maximum Gasteiger partial charge on any atom is 0.283 e. The van der Waals surface area contributed by atoms with Crippen molar-refractivity contribution in [2.24, 2.45) is 0 Å². The van der Waals surface area contributed by atoms with Gasteiger partial charge < -0.3 is 0 Å². The maximum absolute atomic E-state index is 12.1. The van der Waals surface area contributed by atoms with E-state index in [2.05, 4.69) is 20.3 Å². The smallest absolute Gasteiger partial charge is 0.283 e. The molecule has 7 nitrogen and oxygen atoms in total. The molecule has 0 amide bonds. The summed E-state index contributed by atoms with van der Waals surface area (Å²) in [5.41, 5.74) is 1.04. The summed E-state index contributed by atoms with van der Waals surface area (Å²) in [6.45, 7) is 3.82. The lowest BCUT2D eigenvalue weighted by Crippen LogP contribution is -2.24. The predicted octanol–water partition coefficient (Wildman–Crippen LogP) is 0.415. The van der Waals surface area contributed by atoms with Gasteiger partial charge in [0.05, 0.1) is 6.20 Å². The Kier molecular flexibility index (Phi) is 1.94. The van der Waals surface area contributed by atoms with Crippen molar-refractivity contribution in [3.05, 3.63) is 28.9 Å². The Morgan fingerprint density at radius 1 is 1.29 bits per heavy atom. The highest BCUT2D eigenvalue weighted by molar-refractivity contribution is 5.70. The van der Waals surface area contributed by atoms with Gasteiger partial charge in [0.15, 0.2) is 16.8 Å². The number of hydrogen-bond donors (Lipinski definition) is 0. The molecule has 3 aromatic heterocycles. The van der Waals surface area contributed by atoms with Crippen molar-refractivity contribution in [1.29, 1.82) is 0 Å². The average Bonchev–Trinajstić information content (AvgIpc) is 2.77. The van der Waals surface area contributed by atoms with Crippen molar-refractivity contribution in [2.45, 2.75) is 19.9 Å². The van der Waals surface area contributed by atoms with E-state index in [0.717, 1.165) is 0 Å². The van der Waals surface area contributed by atoms with Crippen LogP contribution in [0.25, 0.3) is 16.8 Å². The van der Waals surface area contributed by atoms with E-state index in [1.54, 1.807) is 12.3 Å². The van der Waals surface area contributed by atoms with Crippen LogP contribution in [-0.2, 0) is 0 Å². The summed E-state index contributed by atoms with van der Waals surface area (Å²) in [6.07, 6.45) is 3.11. The van der Waals surface area contributed by atoms with Gasteiger partial charge in [0.1, 0.15) is 6.33 Å². The van der Waals surface area contributed by atoms with E-state index in [4.69, 9.17) is 0 Å². The normalized spacial score (nSPS) is 11.7. The molecule has 7 heteroatoms. The van der Waals surface area contributed by atoms with Crippen LogP contribution in [0.4, 0.5) is 0 Å². The van der Waals surface area contributed by atoms with Crippen LogP contribution in [-0.4, -0.2) is 29.4 Å². The second kappa shape index (κ2) is 3.34. The molecule has 0 aliphatic carbocycles. The van der Waals surface area contributed by atoms with E-state index >= 15 is 0 Å². The van der Waals surface area contributed by atoms with Crippen LogP contribution in [0.15, 0.2) is 23.4 Å². The van der Waals surface area contributed by atoms with Crippen LogP contribution in [0, 0.1) is 0 Å². The SMILES string of the molecule is CC(C)n1cnc2c(nnc3ccnn32)c1=O. The van der Waals surface area contributed by atoms with E-state index in [1.165, 1.54) is 15.4 Å². The molecular formula is C10H10N6O. The zero-order valence-corrected chi connectivity index (χ0v) is 9.40. The third kappa shape index (κ3) is 1.32. The molecule has 0 atom stereocenters. The van der Waals surface area contributed by atoms with E-state index in [-0.39, 0.29) is 17.1 Å². The molecule has 0 unspecified atom stereocenters. The molecular weight excluding hydrogens is 220 g/mol. The molecule has 3 rings (SSSR count). The highest BCUT2D eigenvalue weighted by atomic mass is 16.1. The number of aromatic nitrogens is 6. The van der Waals surface area contributed by atoms with E-state index in [9.17, 15) is 4.79 Å². The summed E-state index contributed by atoms with van der Waals surface area (Å²) < 4.78 is 3.03. The fourth-order valence-electron chi connectivity index (χ4n) is 1.70. The molecule has 86 valence electrons.